The van der Waals surface area contributed by atoms with Gasteiger partial charge in [-0.3, -0.25) is 19.7 Å². The van der Waals surface area contributed by atoms with Gasteiger partial charge in [-0.1, -0.05) is 91.0 Å². The molecule has 1 fully saturated rings. The molecule has 1 atom stereocenters. The van der Waals surface area contributed by atoms with Gasteiger partial charge in [-0.05, 0) is 72.6 Å². The summed E-state index contributed by atoms with van der Waals surface area (Å²) in [6.07, 6.45) is 3.55. The standard InChI is InChI=1S/C38H32FN3O2S/c1-23-34(30(39)21-29-35(23)42(27-17-18-27)37(44)40-36(29)43)33-22-28-31(19-20-32(28)45-33)41-38(24-11-5-2-6-12-24,25-13-7-3-8-14-25)26-15-9-4-10-16-26/h2-16,21-22,27,31,41H,17-20H2,1H3,(H,40,43,44). The molecule has 7 heteroatoms. The third-order valence-corrected chi connectivity index (χ3v) is 10.7. The number of aromatic amines is 1. The summed E-state index contributed by atoms with van der Waals surface area (Å²) < 4.78 is 17.6. The number of aromatic nitrogens is 2. The van der Waals surface area contributed by atoms with E-state index in [2.05, 4.69) is 89.2 Å². The lowest BCUT2D eigenvalue weighted by atomic mass is 9.76. The normalized spacial score (nSPS) is 16.3. The molecule has 2 N–H and O–H groups in total. The highest BCUT2D eigenvalue weighted by Crippen LogP contribution is 2.47. The number of nitrogens with zero attached hydrogens (tertiary/aromatic N) is 1. The van der Waals surface area contributed by atoms with Gasteiger partial charge in [0.05, 0.1) is 16.4 Å². The molecular formula is C38H32FN3O2S. The largest absolute Gasteiger partial charge is 0.329 e. The fourth-order valence-corrected chi connectivity index (χ4v) is 8.62. The van der Waals surface area contributed by atoms with Crippen molar-refractivity contribution in [3.05, 3.63) is 162 Å². The zero-order chi connectivity index (χ0) is 30.7. The molecule has 8 rings (SSSR count). The Kier molecular flexibility index (Phi) is 6.69. The number of hydrogen-bond donors (Lipinski definition) is 2. The molecule has 1 saturated carbocycles. The third-order valence-electron chi connectivity index (χ3n) is 9.47. The summed E-state index contributed by atoms with van der Waals surface area (Å²) in [5, 5.41) is 4.35. The molecule has 45 heavy (non-hydrogen) atoms. The van der Waals surface area contributed by atoms with E-state index in [4.69, 9.17) is 0 Å². The average molecular weight is 614 g/mol. The first-order valence-electron chi connectivity index (χ1n) is 15.5. The summed E-state index contributed by atoms with van der Waals surface area (Å²) in [7, 11) is 0. The zero-order valence-corrected chi connectivity index (χ0v) is 25.7. The number of fused-ring (bicyclic) bond motifs is 2. The van der Waals surface area contributed by atoms with E-state index in [0.29, 0.717) is 16.6 Å². The SMILES string of the molecule is Cc1c(-c2cc3c(s2)CCC3NC(c2ccccc2)(c2ccccc2)c2ccccc2)c(F)cc2c(=O)[nH]c(=O)n(C3CC3)c12. The van der Waals surface area contributed by atoms with Crippen LogP contribution in [0.2, 0.25) is 0 Å². The summed E-state index contributed by atoms with van der Waals surface area (Å²) >= 11 is 1.61. The van der Waals surface area contributed by atoms with Crippen molar-refractivity contribution < 1.29 is 4.39 Å². The quantitative estimate of drug-likeness (QED) is 0.181. The van der Waals surface area contributed by atoms with Crippen LogP contribution in [-0.4, -0.2) is 9.55 Å². The maximum absolute atomic E-state index is 15.9. The topological polar surface area (TPSA) is 66.9 Å². The van der Waals surface area contributed by atoms with Crippen molar-refractivity contribution in [1.82, 2.24) is 14.9 Å². The van der Waals surface area contributed by atoms with Crippen molar-refractivity contribution in [3.63, 3.8) is 0 Å². The Hall–Kier alpha value is -4.59. The predicted molar refractivity (Wildman–Crippen MR) is 179 cm³/mol. The Morgan fingerprint density at radius 2 is 1.42 bits per heavy atom. The van der Waals surface area contributed by atoms with E-state index in [1.54, 1.807) is 15.9 Å². The molecule has 0 amide bonds. The van der Waals surface area contributed by atoms with Crippen molar-refractivity contribution >= 4 is 22.2 Å². The molecular weight excluding hydrogens is 582 g/mol. The molecule has 2 aromatic heterocycles. The second-order valence-corrected chi connectivity index (χ2v) is 13.3. The number of halogens is 1. The van der Waals surface area contributed by atoms with Crippen molar-refractivity contribution in [2.75, 3.05) is 0 Å². The maximum Gasteiger partial charge on any atom is 0.329 e. The first-order chi connectivity index (χ1) is 22.0. The molecule has 5 nitrogen and oxygen atoms in total. The van der Waals surface area contributed by atoms with Crippen LogP contribution in [0.15, 0.2) is 113 Å². The predicted octanol–water partition coefficient (Wildman–Crippen LogP) is 7.77. The van der Waals surface area contributed by atoms with Gasteiger partial charge >= 0.3 is 5.69 Å². The number of thiophene rings is 1. The van der Waals surface area contributed by atoms with E-state index in [1.165, 1.54) is 16.5 Å². The fraction of sp³-hybridized carbons (Fsp3) is 0.211. The van der Waals surface area contributed by atoms with Crippen molar-refractivity contribution in [2.45, 2.75) is 50.2 Å². The summed E-state index contributed by atoms with van der Waals surface area (Å²) in [6.45, 7) is 1.84. The molecule has 0 bridgehead atoms. The number of aryl methyl sites for hydroxylation is 2. The smallest absolute Gasteiger partial charge is 0.293 e. The van der Waals surface area contributed by atoms with Crippen LogP contribution in [0, 0.1) is 12.7 Å². The van der Waals surface area contributed by atoms with Crippen LogP contribution in [0.3, 0.4) is 0 Å². The number of H-pyrrole nitrogens is 1. The number of rotatable bonds is 7. The van der Waals surface area contributed by atoms with E-state index in [-0.39, 0.29) is 17.5 Å². The van der Waals surface area contributed by atoms with Crippen LogP contribution in [0.1, 0.15) is 64.0 Å². The van der Waals surface area contributed by atoms with Crippen LogP contribution in [0.25, 0.3) is 21.3 Å². The van der Waals surface area contributed by atoms with E-state index >= 15 is 4.39 Å². The molecule has 224 valence electrons. The lowest BCUT2D eigenvalue weighted by Gasteiger charge is -2.39. The second kappa shape index (κ2) is 10.8. The monoisotopic (exact) mass is 613 g/mol. The van der Waals surface area contributed by atoms with Gasteiger partial charge in [0, 0.05) is 27.4 Å². The van der Waals surface area contributed by atoms with Crippen LogP contribution >= 0.6 is 11.3 Å². The van der Waals surface area contributed by atoms with Crippen molar-refractivity contribution in [3.8, 4) is 10.4 Å². The van der Waals surface area contributed by atoms with E-state index < -0.39 is 22.6 Å². The minimum Gasteiger partial charge on any atom is -0.293 e. The summed E-state index contributed by atoms with van der Waals surface area (Å²) in [4.78, 5) is 30.1. The van der Waals surface area contributed by atoms with E-state index in [9.17, 15) is 9.59 Å². The highest BCUT2D eigenvalue weighted by molar-refractivity contribution is 7.15. The first kappa shape index (κ1) is 27.9. The molecule has 0 aliphatic heterocycles. The van der Waals surface area contributed by atoms with Gasteiger partial charge in [0.1, 0.15) is 5.82 Å². The molecule has 0 radical (unpaired) electrons. The Morgan fingerprint density at radius 3 is 1.98 bits per heavy atom. The number of nitrogens with one attached hydrogen (secondary N) is 2. The molecule has 1 unspecified atom stereocenters. The molecule has 2 aliphatic carbocycles. The van der Waals surface area contributed by atoms with Crippen LogP contribution in [0.5, 0.6) is 0 Å². The van der Waals surface area contributed by atoms with Crippen molar-refractivity contribution in [2.24, 2.45) is 0 Å². The Labute approximate surface area is 264 Å². The molecule has 2 aliphatic rings. The van der Waals surface area contributed by atoms with Gasteiger partial charge in [-0.15, -0.1) is 11.3 Å². The molecule has 6 aromatic rings. The van der Waals surface area contributed by atoms with E-state index in [1.807, 2.05) is 25.1 Å². The summed E-state index contributed by atoms with van der Waals surface area (Å²) in [5.41, 5.74) is 4.67. The minimum atomic E-state index is -0.621. The van der Waals surface area contributed by atoms with Gasteiger partial charge in [0.25, 0.3) is 5.56 Å². The molecule has 2 heterocycles. The van der Waals surface area contributed by atoms with Gasteiger partial charge in [-0.2, -0.15) is 0 Å². The van der Waals surface area contributed by atoms with Gasteiger partial charge in [0.15, 0.2) is 0 Å². The lowest BCUT2D eigenvalue weighted by molar-refractivity contribution is 0.395. The maximum atomic E-state index is 15.9. The minimum absolute atomic E-state index is 0.0157. The fourth-order valence-electron chi connectivity index (χ4n) is 7.27. The van der Waals surface area contributed by atoms with Gasteiger partial charge in [0.2, 0.25) is 0 Å². The van der Waals surface area contributed by atoms with Crippen LogP contribution < -0.4 is 16.6 Å². The first-order valence-corrected chi connectivity index (χ1v) is 16.3. The molecule has 4 aromatic carbocycles. The number of hydrogen-bond acceptors (Lipinski definition) is 4. The van der Waals surface area contributed by atoms with Crippen molar-refractivity contribution in [1.29, 1.82) is 0 Å². The highest BCUT2D eigenvalue weighted by atomic mass is 32.1. The molecule has 0 saturated heterocycles. The van der Waals surface area contributed by atoms with Gasteiger partial charge in [-0.25, -0.2) is 9.18 Å². The Balaban J connectivity index is 1.27. The average Bonchev–Trinajstić information content (AvgIpc) is 3.71. The molecule has 0 spiro atoms. The van der Waals surface area contributed by atoms with E-state index in [0.717, 1.165) is 47.3 Å². The lowest BCUT2D eigenvalue weighted by Crippen LogP contribution is -2.46. The highest BCUT2D eigenvalue weighted by Gasteiger charge is 2.40. The Bertz CT molecular complexity index is 2070. The Morgan fingerprint density at radius 1 is 0.844 bits per heavy atom. The zero-order valence-electron chi connectivity index (χ0n) is 24.8. The van der Waals surface area contributed by atoms with Gasteiger partial charge < -0.3 is 0 Å². The third kappa shape index (κ3) is 4.52. The number of benzene rings is 4. The summed E-state index contributed by atoms with van der Waals surface area (Å²) in [6, 6.07) is 35.2. The van der Waals surface area contributed by atoms with Crippen LogP contribution in [0.4, 0.5) is 4.39 Å². The second-order valence-electron chi connectivity index (χ2n) is 12.2. The van der Waals surface area contributed by atoms with Crippen LogP contribution in [-0.2, 0) is 12.0 Å². The summed E-state index contributed by atoms with van der Waals surface area (Å²) in [5.74, 6) is -0.442.